The molecule has 0 radical (unpaired) electrons. The third-order valence-corrected chi connectivity index (χ3v) is 3.53. The first kappa shape index (κ1) is 12.8. The van der Waals surface area contributed by atoms with E-state index in [1.165, 1.54) is 0 Å². The van der Waals surface area contributed by atoms with Gasteiger partial charge in [0, 0.05) is 37.7 Å². The Morgan fingerprint density at radius 1 is 1.18 bits per heavy atom. The van der Waals surface area contributed by atoms with Gasteiger partial charge in [0.05, 0.1) is 6.10 Å². The van der Waals surface area contributed by atoms with Crippen LogP contribution >= 0.6 is 11.6 Å². The molecule has 4 heteroatoms. The standard InChI is InChI=1S/C13H19ClN2O/c1-15-6-8-16(9-7-15)10-13(17)11-2-4-12(14)5-3-11/h2-5,13,17H,6-10H2,1H3. The van der Waals surface area contributed by atoms with Crippen molar-refractivity contribution in [1.29, 1.82) is 0 Å². The maximum Gasteiger partial charge on any atom is 0.0916 e. The Kier molecular flexibility index (Phi) is 4.40. The first-order valence-corrected chi connectivity index (χ1v) is 6.37. The molecule has 3 nitrogen and oxygen atoms in total. The van der Waals surface area contributed by atoms with Crippen LogP contribution in [0.25, 0.3) is 0 Å². The number of hydrogen-bond donors (Lipinski definition) is 1. The van der Waals surface area contributed by atoms with E-state index < -0.39 is 6.10 Å². The van der Waals surface area contributed by atoms with Crippen molar-refractivity contribution in [3.63, 3.8) is 0 Å². The van der Waals surface area contributed by atoms with E-state index in [4.69, 9.17) is 11.6 Å². The number of piperazine rings is 1. The van der Waals surface area contributed by atoms with Crippen LogP contribution in [0.1, 0.15) is 11.7 Å². The van der Waals surface area contributed by atoms with E-state index in [-0.39, 0.29) is 0 Å². The van der Waals surface area contributed by atoms with Crippen LogP contribution < -0.4 is 0 Å². The number of β-amino-alcohol motifs (C(OH)–C–C–N with tert-alkyl or cyclic N) is 1. The fraction of sp³-hybridized carbons (Fsp3) is 0.538. The Hall–Kier alpha value is -0.610. The molecule has 0 bridgehead atoms. The monoisotopic (exact) mass is 254 g/mol. The first-order chi connectivity index (χ1) is 8.15. The van der Waals surface area contributed by atoms with E-state index in [9.17, 15) is 5.11 Å². The summed E-state index contributed by atoms with van der Waals surface area (Å²) >= 11 is 5.83. The largest absolute Gasteiger partial charge is 0.387 e. The minimum Gasteiger partial charge on any atom is -0.387 e. The SMILES string of the molecule is CN1CCN(CC(O)c2ccc(Cl)cc2)CC1. The summed E-state index contributed by atoms with van der Waals surface area (Å²) in [5.74, 6) is 0. The minimum atomic E-state index is -0.421. The van der Waals surface area contributed by atoms with Crippen LogP contribution in [0.2, 0.25) is 5.02 Å². The zero-order valence-electron chi connectivity index (χ0n) is 10.1. The summed E-state index contributed by atoms with van der Waals surface area (Å²) in [5.41, 5.74) is 0.938. The predicted octanol–water partition coefficient (Wildman–Crippen LogP) is 1.62. The third-order valence-electron chi connectivity index (χ3n) is 3.28. The van der Waals surface area contributed by atoms with Gasteiger partial charge in [-0.2, -0.15) is 0 Å². The maximum absolute atomic E-state index is 10.1. The van der Waals surface area contributed by atoms with E-state index >= 15 is 0 Å². The summed E-state index contributed by atoms with van der Waals surface area (Å²) in [6.45, 7) is 4.92. The highest BCUT2D eigenvalue weighted by molar-refractivity contribution is 6.30. The summed E-state index contributed by atoms with van der Waals surface area (Å²) in [5, 5.41) is 10.8. The molecule has 0 saturated carbocycles. The van der Waals surface area contributed by atoms with Gasteiger partial charge in [-0.25, -0.2) is 0 Å². The molecule has 1 aromatic carbocycles. The molecule has 0 aromatic heterocycles. The number of hydrogen-bond acceptors (Lipinski definition) is 3. The van der Waals surface area contributed by atoms with Gasteiger partial charge >= 0.3 is 0 Å². The predicted molar refractivity (Wildman–Crippen MR) is 70.3 cm³/mol. The van der Waals surface area contributed by atoms with Crippen LogP contribution in [-0.2, 0) is 0 Å². The average molecular weight is 255 g/mol. The van der Waals surface area contributed by atoms with Crippen molar-refractivity contribution >= 4 is 11.6 Å². The Bertz CT molecular complexity index is 347. The van der Waals surface area contributed by atoms with Crippen molar-refractivity contribution in [1.82, 2.24) is 9.80 Å². The lowest BCUT2D eigenvalue weighted by molar-refractivity contribution is 0.0805. The molecule has 0 spiro atoms. The molecule has 0 amide bonds. The highest BCUT2D eigenvalue weighted by Gasteiger charge is 2.17. The van der Waals surface area contributed by atoms with Gasteiger partial charge in [0.1, 0.15) is 0 Å². The van der Waals surface area contributed by atoms with Crippen LogP contribution in [0.3, 0.4) is 0 Å². The molecule has 1 aromatic rings. The molecule has 17 heavy (non-hydrogen) atoms. The molecule has 0 aliphatic carbocycles. The second-order valence-electron chi connectivity index (χ2n) is 4.67. The van der Waals surface area contributed by atoms with Gasteiger partial charge in [-0.05, 0) is 24.7 Å². The van der Waals surface area contributed by atoms with Crippen LogP contribution in [0.15, 0.2) is 24.3 Å². The normalized spacial score (nSPS) is 20.4. The molecule has 1 saturated heterocycles. The van der Waals surface area contributed by atoms with Crippen molar-refractivity contribution in [2.45, 2.75) is 6.10 Å². The van der Waals surface area contributed by atoms with Crippen LogP contribution in [0.5, 0.6) is 0 Å². The highest BCUT2D eigenvalue weighted by Crippen LogP contribution is 2.17. The second kappa shape index (κ2) is 5.83. The van der Waals surface area contributed by atoms with Gasteiger partial charge in [0.2, 0.25) is 0 Å². The fourth-order valence-corrected chi connectivity index (χ4v) is 2.19. The number of benzene rings is 1. The first-order valence-electron chi connectivity index (χ1n) is 5.99. The Balaban J connectivity index is 1.88. The molecule has 1 fully saturated rings. The van der Waals surface area contributed by atoms with E-state index in [1.54, 1.807) is 0 Å². The molecule has 1 unspecified atom stereocenters. The maximum atomic E-state index is 10.1. The molecule has 1 N–H and O–H groups in total. The second-order valence-corrected chi connectivity index (χ2v) is 5.11. The van der Waals surface area contributed by atoms with Crippen LogP contribution in [-0.4, -0.2) is 54.7 Å². The Labute approximate surface area is 108 Å². The zero-order chi connectivity index (χ0) is 12.3. The van der Waals surface area contributed by atoms with Gasteiger partial charge in [-0.3, -0.25) is 4.90 Å². The molecule has 1 aliphatic rings. The van der Waals surface area contributed by atoms with Gasteiger partial charge in [0.15, 0.2) is 0 Å². The van der Waals surface area contributed by atoms with Crippen molar-refractivity contribution in [2.24, 2.45) is 0 Å². The van der Waals surface area contributed by atoms with E-state index in [2.05, 4.69) is 16.8 Å². The van der Waals surface area contributed by atoms with E-state index in [0.717, 1.165) is 31.7 Å². The van der Waals surface area contributed by atoms with Crippen molar-refractivity contribution in [2.75, 3.05) is 39.8 Å². The Morgan fingerprint density at radius 2 is 1.76 bits per heavy atom. The quantitative estimate of drug-likeness (QED) is 0.888. The smallest absolute Gasteiger partial charge is 0.0916 e. The summed E-state index contributed by atoms with van der Waals surface area (Å²) in [6, 6.07) is 7.43. The van der Waals surface area contributed by atoms with Crippen LogP contribution in [0, 0.1) is 0 Å². The zero-order valence-corrected chi connectivity index (χ0v) is 10.9. The summed E-state index contributed by atoms with van der Waals surface area (Å²) in [4.78, 5) is 4.62. The summed E-state index contributed by atoms with van der Waals surface area (Å²) < 4.78 is 0. The van der Waals surface area contributed by atoms with Gasteiger partial charge in [-0.1, -0.05) is 23.7 Å². The summed E-state index contributed by atoms with van der Waals surface area (Å²) in [7, 11) is 2.13. The van der Waals surface area contributed by atoms with E-state index in [1.807, 2.05) is 24.3 Å². The lowest BCUT2D eigenvalue weighted by atomic mass is 10.1. The fourth-order valence-electron chi connectivity index (χ4n) is 2.07. The van der Waals surface area contributed by atoms with Crippen molar-refractivity contribution < 1.29 is 5.11 Å². The molecular formula is C13H19ClN2O. The van der Waals surface area contributed by atoms with Crippen LogP contribution in [0.4, 0.5) is 0 Å². The number of likely N-dealkylation sites (N-methyl/N-ethyl adjacent to an activating group) is 1. The topological polar surface area (TPSA) is 26.7 Å². The van der Waals surface area contributed by atoms with Crippen molar-refractivity contribution in [3.05, 3.63) is 34.9 Å². The van der Waals surface area contributed by atoms with E-state index in [0.29, 0.717) is 11.6 Å². The number of aliphatic hydroxyl groups excluding tert-OH is 1. The van der Waals surface area contributed by atoms with Gasteiger partial charge in [-0.15, -0.1) is 0 Å². The molecule has 1 aliphatic heterocycles. The Morgan fingerprint density at radius 3 is 2.35 bits per heavy atom. The lowest BCUT2D eigenvalue weighted by Crippen LogP contribution is -2.45. The molecular weight excluding hydrogens is 236 g/mol. The molecule has 94 valence electrons. The minimum absolute atomic E-state index is 0.421. The van der Waals surface area contributed by atoms with Gasteiger partial charge in [0.25, 0.3) is 0 Å². The lowest BCUT2D eigenvalue weighted by Gasteiger charge is -2.33. The highest BCUT2D eigenvalue weighted by atomic mass is 35.5. The average Bonchev–Trinajstić information content (AvgIpc) is 2.33. The molecule has 2 rings (SSSR count). The number of halogens is 1. The third kappa shape index (κ3) is 3.68. The molecule has 1 atom stereocenters. The number of aliphatic hydroxyl groups is 1. The number of nitrogens with zero attached hydrogens (tertiary/aromatic N) is 2. The van der Waals surface area contributed by atoms with Crippen molar-refractivity contribution in [3.8, 4) is 0 Å². The molecule has 1 heterocycles. The summed E-state index contributed by atoms with van der Waals surface area (Å²) in [6.07, 6.45) is -0.421. The number of rotatable bonds is 3. The van der Waals surface area contributed by atoms with Gasteiger partial charge < -0.3 is 10.0 Å².